The van der Waals surface area contributed by atoms with Gasteiger partial charge in [0.25, 0.3) is 5.69 Å². The molecule has 2 aromatic carbocycles. The largest absolute Gasteiger partial charge is 0.424 e. The Labute approximate surface area is 178 Å². The maximum atomic E-state index is 14.0. The van der Waals surface area contributed by atoms with Crippen LogP contribution >= 0.6 is 7.60 Å². The van der Waals surface area contributed by atoms with Crippen molar-refractivity contribution in [1.29, 1.82) is 0 Å². The summed E-state index contributed by atoms with van der Waals surface area (Å²) in [5.74, 6) is 1.39. The number of hydrogen-bond donors (Lipinski definition) is 0. The molecule has 7 heteroatoms. The molecule has 0 amide bonds. The number of nitro benzene ring substituents is 1. The summed E-state index contributed by atoms with van der Waals surface area (Å²) >= 11 is 0. The predicted octanol–water partition coefficient (Wildman–Crippen LogP) is 6.84. The summed E-state index contributed by atoms with van der Waals surface area (Å²) in [5.41, 5.74) is 0.737. The Hall–Kier alpha value is -2.17. The molecule has 0 aliphatic heterocycles. The van der Waals surface area contributed by atoms with Crippen molar-refractivity contribution in [2.24, 2.45) is 17.8 Å². The number of rotatable bonds is 8. The van der Waals surface area contributed by atoms with E-state index in [2.05, 4.69) is 20.8 Å². The molecule has 162 valence electrons. The Morgan fingerprint density at radius 2 is 1.87 bits per heavy atom. The molecule has 1 fully saturated rings. The van der Waals surface area contributed by atoms with Gasteiger partial charge in [-0.3, -0.25) is 14.6 Å². The molecule has 0 spiro atoms. The van der Waals surface area contributed by atoms with E-state index in [9.17, 15) is 14.7 Å². The molecule has 1 aliphatic carbocycles. The zero-order valence-electron chi connectivity index (χ0n) is 17.8. The van der Waals surface area contributed by atoms with Crippen LogP contribution in [0.15, 0.2) is 54.6 Å². The highest BCUT2D eigenvalue weighted by atomic mass is 31.2. The third-order valence-electron chi connectivity index (χ3n) is 5.75. The van der Waals surface area contributed by atoms with Crippen molar-refractivity contribution in [2.45, 2.75) is 52.3 Å². The summed E-state index contributed by atoms with van der Waals surface area (Å²) in [7, 11) is -3.61. The average molecular weight is 431 g/mol. The van der Waals surface area contributed by atoms with Crippen LogP contribution in [0.1, 0.15) is 45.6 Å². The first-order chi connectivity index (χ1) is 14.3. The van der Waals surface area contributed by atoms with E-state index in [0.717, 1.165) is 24.8 Å². The van der Waals surface area contributed by atoms with E-state index in [1.54, 1.807) is 6.07 Å². The topological polar surface area (TPSA) is 78.7 Å². The average Bonchev–Trinajstić information content (AvgIpc) is 2.68. The van der Waals surface area contributed by atoms with Crippen molar-refractivity contribution >= 4 is 13.3 Å². The maximum Gasteiger partial charge on any atom is 0.383 e. The van der Waals surface area contributed by atoms with E-state index in [-0.39, 0.29) is 23.7 Å². The van der Waals surface area contributed by atoms with Crippen LogP contribution in [0.5, 0.6) is 5.75 Å². The SMILES string of the molecule is CC(C)[C@@H]1CC[C@@H](C)C[C@H]1OP(=O)(Cc1ccccc1)Oc1cccc([N+](=O)[O-])c1. The lowest BCUT2D eigenvalue weighted by molar-refractivity contribution is -0.384. The molecule has 3 rings (SSSR count). The smallest absolute Gasteiger partial charge is 0.383 e. The highest BCUT2D eigenvalue weighted by Gasteiger charge is 2.38. The standard InChI is InChI=1S/C23H30NO5P/c1-17(2)22-13-12-18(3)14-23(22)29-30(27,16-19-8-5-4-6-9-19)28-21-11-7-10-20(15-21)24(25)26/h4-11,15,17-18,22-23H,12-14,16H2,1-3H3/t18-,22+,23-,30?/m1/s1. The van der Waals surface area contributed by atoms with Crippen molar-refractivity contribution in [3.05, 3.63) is 70.3 Å². The van der Waals surface area contributed by atoms with Gasteiger partial charge in [-0.2, -0.15) is 0 Å². The second-order valence-electron chi connectivity index (χ2n) is 8.57. The van der Waals surface area contributed by atoms with Crippen LogP contribution in [0.2, 0.25) is 0 Å². The quantitative estimate of drug-likeness (QED) is 0.260. The van der Waals surface area contributed by atoms with E-state index < -0.39 is 12.5 Å². The second-order valence-corrected chi connectivity index (χ2v) is 10.5. The van der Waals surface area contributed by atoms with Gasteiger partial charge in [0.05, 0.1) is 23.3 Å². The van der Waals surface area contributed by atoms with Gasteiger partial charge in [0, 0.05) is 6.07 Å². The summed E-state index contributed by atoms with van der Waals surface area (Å²) in [5, 5.41) is 11.1. The summed E-state index contributed by atoms with van der Waals surface area (Å²) in [4.78, 5) is 10.6. The Bertz CT molecular complexity index is 901. The van der Waals surface area contributed by atoms with Crippen LogP contribution in [0.4, 0.5) is 5.69 Å². The summed E-state index contributed by atoms with van der Waals surface area (Å²) in [6.45, 7) is 6.53. The van der Waals surface area contributed by atoms with E-state index in [1.165, 1.54) is 18.2 Å². The van der Waals surface area contributed by atoms with Crippen LogP contribution in [-0.2, 0) is 15.3 Å². The fourth-order valence-corrected chi connectivity index (χ4v) is 6.08. The minimum Gasteiger partial charge on any atom is -0.424 e. The van der Waals surface area contributed by atoms with Gasteiger partial charge in [-0.1, -0.05) is 63.6 Å². The lowest BCUT2D eigenvalue weighted by atomic mass is 9.75. The molecule has 0 bridgehead atoms. The minimum atomic E-state index is -3.61. The summed E-state index contributed by atoms with van der Waals surface area (Å²) in [6, 6.07) is 15.2. The molecule has 0 aromatic heterocycles. The van der Waals surface area contributed by atoms with E-state index in [4.69, 9.17) is 9.05 Å². The lowest BCUT2D eigenvalue weighted by Gasteiger charge is -2.38. The lowest BCUT2D eigenvalue weighted by Crippen LogP contribution is -2.34. The first kappa shape index (κ1) is 22.5. The molecule has 0 heterocycles. The zero-order chi connectivity index (χ0) is 21.7. The fraction of sp³-hybridized carbons (Fsp3) is 0.478. The van der Waals surface area contributed by atoms with Crippen molar-refractivity contribution in [3.8, 4) is 5.75 Å². The molecule has 0 radical (unpaired) electrons. The van der Waals surface area contributed by atoms with Gasteiger partial charge in [0.2, 0.25) is 0 Å². The van der Waals surface area contributed by atoms with Gasteiger partial charge in [-0.15, -0.1) is 0 Å². The highest BCUT2D eigenvalue weighted by Crippen LogP contribution is 2.55. The number of hydrogen-bond acceptors (Lipinski definition) is 5. The van der Waals surface area contributed by atoms with Crippen molar-refractivity contribution in [2.75, 3.05) is 0 Å². The van der Waals surface area contributed by atoms with E-state index in [0.29, 0.717) is 17.8 Å². The molecule has 1 unspecified atom stereocenters. The predicted molar refractivity (Wildman–Crippen MR) is 118 cm³/mol. The van der Waals surface area contributed by atoms with Crippen LogP contribution in [0, 0.1) is 27.9 Å². The van der Waals surface area contributed by atoms with Gasteiger partial charge < -0.3 is 4.52 Å². The first-order valence-corrected chi connectivity index (χ1v) is 12.2. The second kappa shape index (κ2) is 9.76. The molecule has 1 saturated carbocycles. The zero-order valence-corrected chi connectivity index (χ0v) is 18.7. The third-order valence-corrected chi connectivity index (χ3v) is 7.58. The molecule has 0 saturated heterocycles. The third kappa shape index (κ3) is 5.93. The van der Waals surface area contributed by atoms with Crippen molar-refractivity contribution in [1.82, 2.24) is 0 Å². The van der Waals surface area contributed by atoms with Crippen LogP contribution < -0.4 is 4.52 Å². The van der Waals surface area contributed by atoms with Gasteiger partial charge in [0.1, 0.15) is 5.75 Å². The molecule has 1 aliphatic rings. The normalized spacial score (nSPS) is 23.7. The molecule has 0 N–H and O–H groups in total. The molecule has 4 atom stereocenters. The van der Waals surface area contributed by atoms with Gasteiger partial charge in [-0.05, 0) is 42.2 Å². The van der Waals surface area contributed by atoms with Crippen molar-refractivity contribution < 1.29 is 18.5 Å². The van der Waals surface area contributed by atoms with Crippen molar-refractivity contribution in [3.63, 3.8) is 0 Å². The van der Waals surface area contributed by atoms with Crippen LogP contribution in [0.25, 0.3) is 0 Å². The van der Waals surface area contributed by atoms with Gasteiger partial charge in [-0.25, -0.2) is 4.57 Å². The van der Waals surface area contributed by atoms with Crippen LogP contribution in [-0.4, -0.2) is 11.0 Å². The van der Waals surface area contributed by atoms with Gasteiger partial charge in [0.15, 0.2) is 0 Å². The molecular formula is C23H30NO5P. The molecule has 2 aromatic rings. The number of benzene rings is 2. The summed E-state index contributed by atoms with van der Waals surface area (Å²) in [6.07, 6.45) is 2.96. The fourth-order valence-electron chi connectivity index (χ4n) is 4.15. The Morgan fingerprint density at radius 1 is 1.13 bits per heavy atom. The van der Waals surface area contributed by atoms with Crippen LogP contribution in [0.3, 0.4) is 0 Å². The van der Waals surface area contributed by atoms with E-state index >= 15 is 0 Å². The number of nitrogens with zero attached hydrogens (tertiary/aromatic N) is 1. The monoisotopic (exact) mass is 431 g/mol. The maximum absolute atomic E-state index is 14.0. The number of nitro groups is 1. The number of non-ortho nitro benzene ring substituents is 1. The molecule has 30 heavy (non-hydrogen) atoms. The Balaban J connectivity index is 1.90. The Morgan fingerprint density at radius 3 is 2.53 bits per heavy atom. The summed E-state index contributed by atoms with van der Waals surface area (Å²) < 4.78 is 26.1. The molecule has 6 nitrogen and oxygen atoms in total. The molecular weight excluding hydrogens is 401 g/mol. The minimum absolute atomic E-state index is 0.106. The first-order valence-electron chi connectivity index (χ1n) is 10.5. The Kier molecular flexibility index (Phi) is 7.32. The van der Waals surface area contributed by atoms with Gasteiger partial charge >= 0.3 is 7.60 Å². The highest BCUT2D eigenvalue weighted by molar-refractivity contribution is 7.53. The van der Waals surface area contributed by atoms with E-state index in [1.807, 2.05) is 30.3 Å².